The van der Waals surface area contributed by atoms with E-state index in [1.54, 1.807) is 36.6 Å². The van der Waals surface area contributed by atoms with Gasteiger partial charge in [0.2, 0.25) is 0 Å². The largest absolute Gasteiger partial charge is 0.465 e. The molecule has 0 N–H and O–H groups in total. The molecule has 1 saturated heterocycles. The molecule has 3 heterocycles. The number of piperazine rings is 1. The highest BCUT2D eigenvalue weighted by molar-refractivity contribution is 8.18. The van der Waals surface area contributed by atoms with E-state index in [0.29, 0.717) is 47.7 Å². The molecule has 2 aliphatic heterocycles. The Morgan fingerprint density at radius 3 is 2.56 bits per heavy atom. The number of carbonyl (C=O) groups is 1. The number of para-hydroxylation sites is 1. The molecule has 0 radical (unpaired) electrons. The Morgan fingerprint density at radius 2 is 1.84 bits per heavy atom. The normalized spacial score (nSPS) is 19.6. The molecule has 7 heteroatoms. The smallest absolute Gasteiger partial charge is 0.286 e. The zero-order valence-electron chi connectivity index (χ0n) is 13.4. The van der Waals surface area contributed by atoms with E-state index in [1.807, 2.05) is 11.0 Å². The van der Waals surface area contributed by atoms with Crippen LogP contribution in [0.25, 0.3) is 6.08 Å². The maximum atomic E-state index is 13.9. The van der Waals surface area contributed by atoms with Crippen LogP contribution < -0.4 is 4.90 Å². The van der Waals surface area contributed by atoms with Gasteiger partial charge in [-0.05, 0) is 36.0 Å². The van der Waals surface area contributed by atoms with Gasteiger partial charge in [-0.2, -0.15) is 4.99 Å². The van der Waals surface area contributed by atoms with Crippen LogP contribution in [0, 0.1) is 5.82 Å². The number of furan rings is 1. The van der Waals surface area contributed by atoms with E-state index in [1.165, 1.54) is 17.8 Å². The molecule has 1 amide bonds. The van der Waals surface area contributed by atoms with E-state index >= 15 is 0 Å². The fraction of sp³-hybridized carbons (Fsp3) is 0.222. The number of hydrogen-bond donors (Lipinski definition) is 0. The molecule has 2 aromatic rings. The molecule has 128 valence electrons. The number of carbonyl (C=O) groups excluding carboxylic acids is 1. The van der Waals surface area contributed by atoms with Crippen LogP contribution in [-0.2, 0) is 4.79 Å². The molecular weight excluding hydrogens is 341 g/mol. The zero-order chi connectivity index (χ0) is 17.2. The van der Waals surface area contributed by atoms with Crippen molar-refractivity contribution in [1.29, 1.82) is 0 Å². The summed E-state index contributed by atoms with van der Waals surface area (Å²) in [6.07, 6.45) is 3.28. The maximum Gasteiger partial charge on any atom is 0.286 e. The Bertz CT molecular complexity index is 840. The van der Waals surface area contributed by atoms with Crippen molar-refractivity contribution >= 4 is 34.6 Å². The Hall–Kier alpha value is -2.54. The summed E-state index contributed by atoms with van der Waals surface area (Å²) < 4.78 is 19.2. The van der Waals surface area contributed by atoms with Gasteiger partial charge in [-0.15, -0.1) is 0 Å². The summed E-state index contributed by atoms with van der Waals surface area (Å²) in [6, 6.07) is 10.4. The van der Waals surface area contributed by atoms with Crippen LogP contribution in [0.15, 0.2) is 57.0 Å². The number of anilines is 1. The number of hydrogen-bond acceptors (Lipinski definition) is 5. The first-order chi connectivity index (χ1) is 12.2. The zero-order valence-corrected chi connectivity index (χ0v) is 14.2. The molecule has 0 atom stereocenters. The van der Waals surface area contributed by atoms with Crippen molar-refractivity contribution < 1.29 is 13.6 Å². The van der Waals surface area contributed by atoms with Crippen LogP contribution >= 0.6 is 11.8 Å². The highest BCUT2D eigenvalue weighted by Gasteiger charge is 2.29. The van der Waals surface area contributed by atoms with Crippen molar-refractivity contribution in [2.24, 2.45) is 4.99 Å². The first-order valence-corrected chi connectivity index (χ1v) is 8.83. The molecular formula is C18H16FN3O2S. The van der Waals surface area contributed by atoms with E-state index < -0.39 is 0 Å². The second-order valence-corrected chi connectivity index (χ2v) is 6.76. The molecule has 0 spiro atoms. The van der Waals surface area contributed by atoms with Gasteiger partial charge in [0, 0.05) is 32.3 Å². The predicted octanol–water partition coefficient (Wildman–Crippen LogP) is 3.21. The van der Waals surface area contributed by atoms with Gasteiger partial charge in [0.05, 0.1) is 16.9 Å². The van der Waals surface area contributed by atoms with Crippen LogP contribution in [0.2, 0.25) is 0 Å². The third-order valence-electron chi connectivity index (χ3n) is 4.17. The summed E-state index contributed by atoms with van der Waals surface area (Å²) in [5, 5.41) is 0.705. The lowest BCUT2D eigenvalue weighted by molar-refractivity contribution is -0.113. The van der Waals surface area contributed by atoms with Gasteiger partial charge in [-0.3, -0.25) is 4.79 Å². The maximum absolute atomic E-state index is 13.9. The molecule has 1 fully saturated rings. The van der Waals surface area contributed by atoms with Gasteiger partial charge in [-0.25, -0.2) is 4.39 Å². The average molecular weight is 357 g/mol. The molecule has 0 bridgehead atoms. The van der Waals surface area contributed by atoms with Gasteiger partial charge in [0.15, 0.2) is 5.17 Å². The number of aliphatic imine (C=N–C) groups is 1. The molecule has 1 aromatic carbocycles. The van der Waals surface area contributed by atoms with Crippen LogP contribution in [0.1, 0.15) is 5.76 Å². The summed E-state index contributed by atoms with van der Waals surface area (Å²) >= 11 is 1.36. The van der Waals surface area contributed by atoms with Crippen molar-refractivity contribution in [3.8, 4) is 0 Å². The van der Waals surface area contributed by atoms with Crippen LogP contribution in [0.5, 0.6) is 0 Å². The van der Waals surface area contributed by atoms with Gasteiger partial charge < -0.3 is 14.2 Å². The molecule has 4 rings (SSSR count). The number of amidine groups is 1. The van der Waals surface area contributed by atoms with Crippen LogP contribution in [0.4, 0.5) is 10.1 Å². The monoisotopic (exact) mass is 357 g/mol. The summed E-state index contributed by atoms with van der Waals surface area (Å²) in [5.74, 6) is 0.187. The topological polar surface area (TPSA) is 49.1 Å². The predicted molar refractivity (Wildman–Crippen MR) is 96.9 cm³/mol. The molecule has 0 aliphatic carbocycles. The number of nitrogens with zero attached hydrogens (tertiary/aromatic N) is 3. The fourth-order valence-corrected chi connectivity index (χ4v) is 3.83. The van der Waals surface area contributed by atoms with Gasteiger partial charge in [0.1, 0.15) is 11.6 Å². The highest BCUT2D eigenvalue weighted by atomic mass is 32.2. The lowest BCUT2D eigenvalue weighted by atomic mass is 10.2. The quantitative estimate of drug-likeness (QED) is 0.773. The fourth-order valence-electron chi connectivity index (χ4n) is 2.88. The molecule has 0 unspecified atom stereocenters. The minimum Gasteiger partial charge on any atom is -0.465 e. The van der Waals surface area contributed by atoms with Gasteiger partial charge >= 0.3 is 0 Å². The Morgan fingerprint density at radius 1 is 1.08 bits per heavy atom. The van der Waals surface area contributed by atoms with Crippen molar-refractivity contribution in [2.75, 3.05) is 31.1 Å². The first kappa shape index (κ1) is 16.0. The molecule has 5 nitrogen and oxygen atoms in total. The van der Waals surface area contributed by atoms with E-state index in [-0.39, 0.29) is 11.7 Å². The van der Waals surface area contributed by atoms with Crippen molar-refractivity contribution in [3.63, 3.8) is 0 Å². The highest BCUT2D eigenvalue weighted by Crippen LogP contribution is 2.31. The van der Waals surface area contributed by atoms with Crippen molar-refractivity contribution in [3.05, 3.63) is 59.1 Å². The summed E-state index contributed by atoms with van der Waals surface area (Å²) in [5.41, 5.74) is 0.623. The van der Waals surface area contributed by atoms with Gasteiger partial charge in [-0.1, -0.05) is 12.1 Å². The van der Waals surface area contributed by atoms with Gasteiger partial charge in [0.25, 0.3) is 5.91 Å². The number of benzene rings is 1. The minimum atomic E-state index is -0.243. The second kappa shape index (κ2) is 6.76. The summed E-state index contributed by atoms with van der Waals surface area (Å²) in [7, 11) is 0. The molecule has 1 aromatic heterocycles. The SMILES string of the molecule is O=C1N=C(N2CCN(c3ccccc3F)CC2)S/C1=C\c1ccco1. The minimum absolute atomic E-state index is 0.206. The first-order valence-electron chi connectivity index (χ1n) is 8.01. The molecule has 0 saturated carbocycles. The Kier molecular flexibility index (Phi) is 4.31. The van der Waals surface area contributed by atoms with E-state index in [0.717, 1.165) is 0 Å². The lowest BCUT2D eigenvalue weighted by Gasteiger charge is -2.36. The average Bonchev–Trinajstić information content (AvgIpc) is 3.26. The van der Waals surface area contributed by atoms with Crippen molar-refractivity contribution in [2.45, 2.75) is 0 Å². The van der Waals surface area contributed by atoms with E-state index in [4.69, 9.17) is 4.42 Å². The summed E-state index contributed by atoms with van der Waals surface area (Å²) in [4.78, 5) is 20.9. The lowest BCUT2D eigenvalue weighted by Crippen LogP contribution is -2.48. The third kappa shape index (κ3) is 3.32. The van der Waals surface area contributed by atoms with E-state index in [2.05, 4.69) is 9.89 Å². The standard InChI is InChI=1S/C18H16FN3O2S/c19-14-5-1-2-6-15(14)21-7-9-22(10-8-21)18-20-17(23)16(25-18)12-13-4-3-11-24-13/h1-6,11-12H,7-10H2/b16-12-. The molecule has 2 aliphatic rings. The van der Waals surface area contributed by atoms with E-state index in [9.17, 15) is 9.18 Å². The number of amides is 1. The Balaban J connectivity index is 1.41. The second-order valence-electron chi connectivity index (χ2n) is 5.75. The van der Waals surface area contributed by atoms with Crippen LogP contribution in [0.3, 0.4) is 0 Å². The molecule has 25 heavy (non-hydrogen) atoms. The Labute approximate surface area is 148 Å². The summed E-state index contributed by atoms with van der Waals surface area (Å²) in [6.45, 7) is 2.76. The third-order valence-corrected chi connectivity index (χ3v) is 5.21. The number of thioether (sulfide) groups is 1. The van der Waals surface area contributed by atoms with Crippen molar-refractivity contribution in [1.82, 2.24) is 4.90 Å². The number of rotatable bonds is 2. The number of halogens is 1. The van der Waals surface area contributed by atoms with Crippen LogP contribution in [-0.4, -0.2) is 42.2 Å².